The Morgan fingerprint density at radius 3 is 2.42 bits per heavy atom. The van der Waals surface area contributed by atoms with E-state index >= 15 is 0 Å². The van der Waals surface area contributed by atoms with E-state index in [1.165, 1.54) is 35.2 Å². The second-order valence-corrected chi connectivity index (χ2v) is 10.1. The summed E-state index contributed by atoms with van der Waals surface area (Å²) in [7, 11) is 4.16. The summed E-state index contributed by atoms with van der Waals surface area (Å²) in [6, 6.07) is 9.56. The smallest absolute Gasteiger partial charge is 0.225 e. The molecule has 4 rings (SSSR count). The molecular formula is C26H38N6S. The van der Waals surface area contributed by atoms with Gasteiger partial charge in [0.1, 0.15) is 5.82 Å². The minimum Gasteiger partial charge on any atom is -0.362 e. The predicted molar refractivity (Wildman–Crippen MR) is 141 cm³/mol. The molecule has 0 spiro atoms. The van der Waals surface area contributed by atoms with Crippen molar-refractivity contribution in [1.82, 2.24) is 20.6 Å². The molecular weight excluding hydrogens is 428 g/mol. The van der Waals surface area contributed by atoms with Gasteiger partial charge in [-0.1, -0.05) is 29.8 Å². The second-order valence-electron chi connectivity index (χ2n) is 9.73. The lowest BCUT2D eigenvalue weighted by Crippen LogP contribution is -2.45. The summed E-state index contributed by atoms with van der Waals surface area (Å²) in [5.41, 5.74) is 5.21. The topological polar surface area (TPSA) is 65.1 Å². The average molecular weight is 467 g/mol. The quantitative estimate of drug-likeness (QED) is 0.530. The van der Waals surface area contributed by atoms with Crippen LogP contribution in [0.5, 0.6) is 0 Å². The maximum atomic E-state index is 5.54. The van der Waals surface area contributed by atoms with Gasteiger partial charge in [0, 0.05) is 38.3 Å². The van der Waals surface area contributed by atoms with E-state index in [0.29, 0.717) is 12.1 Å². The van der Waals surface area contributed by atoms with Gasteiger partial charge in [-0.2, -0.15) is 4.98 Å². The number of fused-ring (bicyclic) bond motifs is 1. The third-order valence-corrected chi connectivity index (χ3v) is 7.06. The number of anilines is 2. The fourth-order valence-electron chi connectivity index (χ4n) is 4.88. The van der Waals surface area contributed by atoms with Crippen molar-refractivity contribution in [3.05, 3.63) is 46.6 Å². The lowest BCUT2D eigenvalue weighted by Gasteiger charge is -2.31. The van der Waals surface area contributed by atoms with Gasteiger partial charge in [-0.3, -0.25) is 0 Å². The van der Waals surface area contributed by atoms with Crippen LogP contribution in [0.2, 0.25) is 0 Å². The molecule has 33 heavy (non-hydrogen) atoms. The molecule has 1 fully saturated rings. The summed E-state index contributed by atoms with van der Waals surface area (Å²) < 4.78 is 0. The van der Waals surface area contributed by atoms with Gasteiger partial charge in [-0.15, -0.1) is 0 Å². The summed E-state index contributed by atoms with van der Waals surface area (Å²) in [4.78, 5) is 11.9. The molecule has 0 amide bonds. The first-order valence-corrected chi connectivity index (χ1v) is 12.8. The van der Waals surface area contributed by atoms with Gasteiger partial charge in [0.25, 0.3) is 0 Å². The average Bonchev–Trinajstić information content (AvgIpc) is 2.81. The predicted octanol–water partition coefficient (Wildman–Crippen LogP) is 4.16. The molecule has 2 aliphatic rings. The van der Waals surface area contributed by atoms with Crippen LogP contribution in [0.25, 0.3) is 0 Å². The number of hydrogen-bond acceptors (Lipinski definition) is 5. The van der Waals surface area contributed by atoms with Gasteiger partial charge < -0.3 is 20.9 Å². The highest BCUT2D eigenvalue weighted by atomic mass is 32.1. The van der Waals surface area contributed by atoms with Crippen molar-refractivity contribution in [2.24, 2.45) is 0 Å². The number of hydrogen-bond donors (Lipinski definition) is 3. The molecule has 178 valence electrons. The number of rotatable bonds is 7. The van der Waals surface area contributed by atoms with Gasteiger partial charge >= 0.3 is 0 Å². The van der Waals surface area contributed by atoms with E-state index in [1.807, 2.05) is 0 Å². The van der Waals surface area contributed by atoms with Crippen LogP contribution in [-0.4, -0.2) is 47.8 Å². The highest BCUT2D eigenvalue weighted by Gasteiger charge is 2.24. The molecule has 0 aliphatic heterocycles. The van der Waals surface area contributed by atoms with Gasteiger partial charge in [0.05, 0.1) is 5.69 Å². The fourth-order valence-corrected chi connectivity index (χ4v) is 5.15. The fraction of sp³-hybridized carbons (Fsp3) is 0.577. The van der Waals surface area contributed by atoms with E-state index in [4.69, 9.17) is 22.2 Å². The normalized spacial score (nSPS) is 20.0. The Morgan fingerprint density at radius 1 is 1.00 bits per heavy atom. The minimum absolute atomic E-state index is 0.419. The Morgan fingerprint density at radius 2 is 1.70 bits per heavy atom. The second kappa shape index (κ2) is 11.1. The zero-order chi connectivity index (χ0) is 23.2. The summed E-state index contributed by atoms with van der Waals surface area (Å²) in [5.74, 6) is 1.88. The molecule has 1 aromatic carbocycles. The van der Waals surface area contributed by atoms with Crippen molar-refractivity contribution in [3.63, 3.8) is 0 Å². The van der Waals surface area contributed by atoms with E-state index in [0.717, 1.165) is 68.4 Å². The summed E-state index contributed by atoms with van der Waals surface area (Å²) in [6.45, 7) is 2.97. The Labute approximate surface area is 204 Å². The maximum absolute atomic E-state index is 5.54. The SMILES string of the molecule is Cc1ccc(CCNC(=S)N[C@H]2CC[C@@H](Nc3nc4c(c(N(C)C)n3)CCCC4)CC2)cc1. The van der Waals surface area contributed by atoms with Gasteiger partial charge in [-0.25, -0.2) is 4.98 Å². The third-order valence-electron chi connectivity index (χ3n) is 6.80. The van der Waals surface area contributed by atoms with Crippen LogP contribution >= 0.6 is 12.2 Å². The number of benzene rings is 1. The first-order valence-electron chi connectivity index (χ1n) is 12.4. The largest absolute Gasteiger partial charge is 0.362 e. The van der Waals surface area contributed by atoms with E-state index in [-0.39, 0.29) is 0 Å². The molecule has 1 heterocycles. The van der Waals surface area contributed by atoms with E-state index in [1.54, 1.807) is 0 Å². The van der Waals surface area contributed by atoms with Crippen molar-refractivity contribution in [3.8, 4) is 0 Å². The Kier molecular flexibility index (Phi) is 8.02. The monoisotopic (exact) mass is 466 g/mol. The first kappa shape index (κ1) is 23.7. The van der Waals surface area contributed by atoms with E-state index in [9.17, 15) is 0 Å². The zero-order valence-corrected chi connectivity index (χ0v) is 21.1. The highest BCUT2D eigenvalue weighted by Crippen LogP contribution is 2.29. The molecule has 0 saturated heterocycles. The van der Waals surface area contributed by atoms with Crippen molar-refractivity contribution in [1.29, 1.82) is 0 Å². The minimum atomic E-state index is 0.419. The lowest BCUT2D eigenvalue weighted by molar-refractivity contribution is 0.385. The molecule has 0 bridgehead atoms. The summed E-state index contributed by atoms with van der Waals surface area (Å²) in [5, 5.41) is 11.3. The van der Waals surface area contributed by atoms with Crippen molar-refractivity contribution in [2.75, 3.05) is 30.9 Å². The molecule has 7 heteroatoms. The van der Waals surface area contributed by atoms with E-state index < -0.39 is 0 Å². The molecule has 1 saturated carbocycles. The van der Waals surface area contributed by atoms with Crippen molar-refractivity contribution < 1.29 is 0 Å². The summed E-state index contributed by atoms with van der Waals surface area (Å²) in [6.07, 6.45) is 10.0. The molecule has 0 atom stereocenters. The maximum Gasteiger partial charge on any atom is 0.225 e. The number of aromatic nitrogens is 2. The lowest BCUT2D eigenvalue weighted by atomic mass is 9.91. The molecule has 6 nitrogen and oxygen atoms in total. The molecule has 1 aromatic heterocycles. The van der Waals surface area contributed by atoms with Crippen LogP contribution in [-0.2, 0) is 19.3 Å². The van der Waals surface area contributed by atoms with Gasteiger partial charge in [-0.05, 0) is 82.5 Å². The van der Waals surface area contributed by atoms with Gasteiger partial charge in [0.2, 0.25) is 5.95 Å². The van der Waals surface area contributed by atoms with Crippen LogP contribution in [0.1, 0.15) is 60.9 Å². The summed E-state index contributed by atoms with van der Waals surface area (Å²) >= 11 is 5.54. The van der Waals surface area contributed by atoms with Crippen LogP contribution < -0.4 is 20.9 Å². The van der Waals surface area contributed by atoms with Crippen LogP contribution in [0.15, 0.2) is 24.3 Å². The van der Waals surface area contributed by atoms with Crippen LogP contribution in [0, 0.1) is 6.92 Å². The Hall–Kier alpha value is -2.41. The van der Waals surface area contributed by atoms with Crippen molar-refractivity contribution in [2.45, 2.75) is 76.8 Å². The zero-order valence-electron chi connectivity index (χ0n) is 20.3. The molecule has 0 radical (unpaired) electrons. The molecule has 0 unspecified atom stereocenters. The van der Waals surface area contributed by atoms with Gasteiger partial charge in [0.15, 0.2) is 5.11 Å². The van der Waals surface area contributed by atoms with Crippen molar-refractivity contribution >= 4 is 29.1 Å². The Balaban J connectivity index is 1.22. The number of nitrogens with one attached hydrogen (secondary N) is 3. The number of nitrogens with zero attached hydrogens (tertiary/aromatic N) is 3. The van der Waals surface area contributed by atoms with Crippen LogP contribution in [0.4, 0.5) is 11.8 Å². The Bertz CT molecular complexity index is 935. The molecule has 2 aliphatic carbocycles. The molecule has 3 N–H and O–H groups in total. The molecule has 2 aromatic rings. The number of thiocarbonyl (C=S) groups is 1. The number of aryl methyl sites for hydroxylation is 2. The van der Waals surface area contributed by atoms with E-state index in [2.05, 4.69) is 66.1 Å². The standard InChI is InChI=1S/C26H38N6S/c1-18-8-10-19(11-9-18)16-17-27-26(33)29-21-14-12-20(13-15-21)28-25-30-23-7-5-4-6-22(23)24(31-25)32(2)3/h8-11,20-21H,4-7,12-17H2,1-3H3,(H2,27,29,33)(H,28,30,31)/t20-,21+. The van der Waals surface area contributed by atoms with Crippen LogP contribution in [0.3, 0.4) is 0 Å². The highest BCUT2D eigenvalue weighted by molar-refractivity contribution is 7.80. The first-order chi connectivity index (χ1) is 16.0. The third kappa shape index (κ3) is 6.56.